The second-order valence-corrected chi connectivity index (χ2v) is 7.49. The van der Waals surface area contributed by atoms with Gasteiger partial charge < -0.3 is 11.5 Å². The smallest absolute Gasteiger partial charge is 0.237 e. The molecule has 0 saturated heterocycles. The minimum atomic E-state index is -0.682. The molecule has 0 unspecified atom stereocenters. The number of hydrogen-bond donors (Lipinski definition) is 2. The van der Waals surface area contributed by atoms with Gasteiger partial charge in [-0.05, 0) is 47.9 Å². The van der Waals surface area contributed by atoms with Crippen molar-refractivity contribution >= 4 is 5.91 Å². The number of benzene rings is 2. The predicted molar refractivity (Wildman–Crippen MR) is 114 cm³/mol. The second-order valence-electron chi connectivity index (χ2n) is 7.49. The molecule has 3 rings (SSSR count). The molecule has 1 saturated carbocycles. The van der Waals surface area contributed by atoms with Crippen molar-refractivity contribution in [1.29, 1.82) is 5.26 Å². The number of primary amides is 1. The van der Waals surface area contributed by atoms with Gasteiger partial charge in [-0.15, -0.1) is 0 Å². The van der Waals surface area contributed by atoms with E-state index in [0.717, 1.165) is 38.5 Å². The van der Waals surface area contributed by atoms with Gasteiger partial charge in [0.05, 0.1) is 11.6 Å². The van der Waals surface area contributed by atoms with Crippen LogP contribution in [0.1, 0.15) is 56.6 Å². The van der Waals surface area contributed by atoms with Crippen LogP contribution in [0.3, 0.4) is 0 Å². The maximum absolute atomic E-state index is 10.8. The Kier molecular flexibility index (Phi) is 8.22. The summed E-state index contributed by atoms with van der Waals surface area (Å²) in [6, 6.07) is 19.4. The van der Waals surface area contributed by atoms with E-state index in [4.69, 9.17) is 16.7 Å². The molecule has 0 aliphatic heterocycles. The van der Waals surface area contributed by atoms with Crippen LogP contribution < -0.4 is 11.5 Å². The molecular weight excluding hydrogens is 346 g/mol. The van der Waals surface area contributed by atoms with E-state index < -0.39 is 5.54 Å². The number of carbonyl (C=O) groups is 1. The summed E-state index contributed by atoms with van der Waals surface area (Å²) in [5, 5.41) is 8.56. The molecule has 4 heteroatoms. The minimum Gasteiger partial charge on any atom is -0.368 e. The molecule has 28 heavy (non-hydrogen) atoms. The van der Waals surface area contributed by atoms with Gasteiger partial charge in [-0.1, -0.05) is 74.7 Å². The van der Waals surface area contributed by atoms with Gasteiger partial charge >= 0.3 is 0 Å². The number of aryl methyl sites for hydroxylation is 2. The number of rotatable bonds is 5. The van der Waals surface area contributed by atoms with Gasteiger partial charge in [0.2, 0.25) is 5.91 Å². The lowest BCUT2D eigenvalue weighted by molar-refractivity contribution is -0.124. The average Bonchev–Trinajstić information content (AvgIpc) is 2.74. The highest BCUT2D eigenvalue weighted by atomic mass is 16.1. The standard InChI is InChI=1S/C17H17N.C7H14N2O/c1-2-14-5-9-16(10-6-14)17-11-7-15(8-12-17)4-3-13-18;8-6(10)7(9)4-2-1-3-5-7/h5-12H,2-4H2,1H3;1-5,9H2,(H2,8,10). The van der Waals surface area contributed by atoms with E-state index in [9.17, 15) is 4.79 Å². The zero-order valence-corrected chi connectivity index (χ0v) is 16.8. The second kappa shape index (κ2) is 10.6. The van der Waals surface area contributed by atoms with Gasteiger partial charge in [0.25, 0.3) is 0 Å². The van der Waals surface area contributed by atoms with Crippen molar-refractivity contribution in [2.24, 2.45) is 11.5 Å². The van der Waals surface area contributed by atoms with Crippen molar-refractivity contribution in [2.45, 2.75) is 63.8 Å². The molecule has 1 aliphatic carbocycles. The first kappa shape index (κ1) is 21.7. The Hall–Kier alpha value is -2.64. The van der Waals surface area contributed by atoms with Gasteiger partial charge in [0.15, 0.2) is 0 Å². The van der Waals surface area contributed by atoms with Crippen molar-refractivity contribution in [3.8, 4) is 17.2 Å². The molecule has 0 bridgehead atoms. The summed E-state index contributed by atoms with van der Waals surface area (Å²) in [6.45, 7) is 2.17. The number of amides is 1. The molecule has 2 aromatic rings. The van der Waals surface area contributed by atoms with Gasteiger partial charge in [0.1, 0.15) is 0 Å². The molecule has 1 aliphatic rings. The number of hydrogen-bond acceptors (Lipinski definition) is 3. The van der Waals surface area contributed by atoms with Crippen LogP contribution in [-0.2, 0) is 17.6 Å². The molecule has 0 spiro atoms. The van der Waals surface area contributed by atoms with E-state index in [1.54, 1.807) is 0 Å². The highest BCUT2D eigenvalue weighted by Crippen LogP contribution is 2.25. The Morgan fingerprint density at radius 3 is 1.86 bits per heavy atom. The van der Waals surface area contributed by atoms with Crippen LogP contribution in [0, 0.1) is 11.3 Å². The Morgan fingerprint density at radius 2 is 1.46 bits per heavy atom. The van der Waals surface area contributed by atoms with E-state index in [0.29, 0.717) is 6.42 Å². The van der Waals surface area contributed by atoms with E-state index in [-0.39, 0.29) is 5.91 Å². The Labute approximate surface area is 168 Å². The quantitative estimate of drug-likeness (QED) is 0.803. The topological polar surface area (TPSA) is 92.9 Å². The molecule has 4 nitrogen and oxygen atoms in total. The summed E-state index contributed by atoms with van der Waals surface area (Å²) in [6.07, 6.45) is 7.30. The highest BCUT2D eigenvalue weighted by Gasteiger charge is 2.32. The van der Waals surface area contributed by atoms with E-state index in [2.05, 4.69) is 61.5 Å². The van der Waals surface area contributed by atoms with E-state index in [1.165, 1.54) is 28.7 Å². The van der Waals surface area contributed by atoms with Crippen LogP contribution in [0.5, 0.6) is 0 Å². The molecule has 148 valence electrons. The average molecular weight is 378 g/mol. The largest absolute Gasteiger partial charge is 0.368 e. The van der Waals surface area contributed by atoms with Gasteiger partial charge in [-0.25, -0.2) is 0 Å². The van der Waals surface area contributed by atoms with Crippen LogP contribution in [0.4, 0.5) is 0 Å². The fourth-order valence-electron chi connectivity index (χ4n) is 3.43. The highest BCUT2D eigenvalue weighted by molar-refractivity contribution is 5.84. The van der Waals surface area contributed by atoms with Crippen molar-refractivity contribution in [2.75, 3.05) is 0 Å². The molecule has 0 atom stereocenters. The molecule has 0 heterocycles. The normalized spacial score (nSPS) is 15.0. The van der Waals surface area contributed by atoms with Crippen molar-refractivity contribution in [1.82, 2.24) is 0 Å². The number of nitriles is 1. The zero-order valence-electron chi connectivity index (χ0n) is 16.8. The third-order valence-corrected chi connectivity index (χ3v) is 5.41. The fraction of sp³-hybridized carbons (Fsp3) is 0.417. The number of nitrogens with zero attached hydrogens (tertiary/aromatic N) is 1. The lowest BCUT2D eigenvalue weighted by Gasteiger charge is -2.29. The third-order valence-electron chi connectivity index (χ3n) is 5.41. The first-order valence-electron chi connectivity index (χ1n) is 10.1. The molecule has 1 fully saturated rings. The van der Waals surface area contributed by atoms with Crippen molar-refractivity contribution < 1.29 is 4.79 Å². The zero-order chi connectivity index (χ0) is 20.4. The molecule has 4 N–H and O–H groups in total. The van der Waals surface area contributed by atoms with E-state index in [1.807, 2.05) is 0 Å². The van der Waals surface area contributed by atoms with Crippen molar-refractivity contribution in [3.05, 3.63) is 59.7 Å². The Balaban J connectivity index is 0.000000237. The summed E-state index contributed by atoms with van der Waals surface area (Å²) in [5.41, 5.74) is 15.3. The maximum Gasteiger partial charge on any atom is 0.237 e. The molecule has 0 radical (unpaired) electrons. The fourth-order valence-corrected chi connectivity index (χ4v) is 3.43. The first-order valence-corrected chi connectivity index (χ1v) is 10.1. The summed E-state index contributed by atoms with van der Waals surface area (Å²) in [4.78, 5) is 10.8. The molecule has 0 aromatic heterocycles. The minimum absolute atomic E-state index is 0.341. The van der Waals surface area contributed by atoms with Crippen LogP contribution in [0.2, 0.25) is 0 Å². The summed E-state index contributed by atoms with van der Waals surface area (Å²) in [5.74, 6) is -0.341. The monoisotopic (exact) mass is 377 g/mol. The SMILES string of the molecule is CCc1ccc(-c2ccc(CCC#N)cc2)cc1.NC(=O)C1(N)CCCCC1. The van der Waals surface area contributed by atoms with Crippen LogP contribution in [-0.4, -0.2) is 11.4 Å². The molecule has 2 aromatic carbocycles. The Bertz CT molecular complexity index is 782. The first-order chi connectivity index (χ1) is 13.5. The molecular formula is C24H31N3O. The van der Waals surface area contributed by atoms with Gasteiger partial charge in [0, 0.05) is 6.42 Å². The third kappa shape index (κ3) is 6.21. The van der Waals surface area contributed by atoms with Crippen molar-refractivity contribution in [3.63, 3.8) is 0 Å². The number of nitrogens with two attached hydrogens (primary N) is 2. The lowest BCUT2D eigenvalue weighted by Crippen LogP contribution is -2.53. The molecule has 1 amide bonds. The van der Waals surface area contributed by atoms with E-state index >= 15 is 0 Å². The van der Waals surface area contributed by atoms with Gasteiger partial charge in [-0.3, -0.25) is 4.79 Å². The summed E-state index contributed by atoms with van der Waals surface area (Å²) >= 11 is 0. The Morgan fingerprint density at radius 1 is 0.964 bits per heavy atom. The lowest BCUT2D eigenvalue weighted by atomic mass is 9.82. The maximum atomic E-state index is 10.8. The van der Waals surface area contributed by atoms with Crippen LogP contribution in [0.15, 0.2) is 48.5 Å². The summed E-state index contributed by atoms with van der Waals surface area (Å²) in [7, 11) is 0. The predicted octanol–water partition coefficient (Wildman–Crippen LogP) is 4.51. The van der Waals surface area contributed by atoms with Crippen LogP contribution >= 0.6 is 0 Å². The number of carbonyl (C=O) groups excluding carboxylic acids is 1. The van der Waals surface area contributed by atoms with Gasteiger partial charge in [-0.2, -0.15) is 5.26 Å². The summed E-state index contributed by atoms with van der Waals surface area (Å²) < 4.78 is 0. The van der Waals surface area contributed by atoms with Crippen LogP contribution in [0.25, 0.3) is 11.1 Å².